The van der Waals surface area contributed by atoms with Crippen molar-refractivity contribution < 1.29 is 17.9 Å². The molecule has 1 aromatic carbocycles. The van der Waals surface area contributed by atoms with Gasteiger partial charge in [0.25, 0.3) is 0 Å². The number of sulfonamides is 1. The van der Waals surface area contributed by atoms with Crippen LogP contribution in [0.5, 0.6) is 0 Å². The number of likely N-dealkylation sites (N-methyl/N-ethyl adjacent to an activating group) is 1. The van der Waals surface area contributed by atoms with Gasteiger partial charge in [-0.1, -0.05) is 32.9 Å². The molecule has 0 bridgehead atoms. The van der Waals surface area contributed by atoms with Crippen LogP contribution in [0.4, 0.5) is 0 Å². The Kier molecular flexibility index (Phi) is 5.17. The number of hydrogen-bond donors (Lipinski definition) is 0. The molecule has 0 aliphatic carbocycles. The smallest absolute Gasteiger partial charge is 0.321 e. The minimum Gasteiger partial charge on any atom is -0.468 e. The second-order valence-corrected chi connectivity index (χ2v) is 8.08. The number of hydrogen-bond acceptors (Lipinski definition) is 4. The second-order valence-electron chi connectivity index (χ2n) is 6.07. The Morgan fingerprint density at radius 2 is 1.86 bits per heavy atom. The number of nitrogens with zero attached hydrogens (tertiary/aromatic N) is 1. The molecular weight excluding hydrogens is 290 g/mol. The molecule has 0 spiro atoms. The molecule has 0 atom stereocenters. The first-order valence-corrected chi connectivity index (χ1v) is 8.08. The number of carbonyl (C=O) groups excluding carboxylic acids is 1. The van der Waals surface area contributed by atoms with Crippen molar-refractivity contribution in [3.8, 4) is 0 Å². The minimum atomic E-state index is -3.73. The van der Waals surface area contributed by atoms with Crippen LogP contribution >= 0.6 is 0 Å². The van der Waals surface area contributed by atoms with E-state index in [4.69, 9.17) is 0 Å². The first-order chi connectivity index (χ1) is 9.50. The molecule has 1 rings (SSSR count). The lowest BCUT2D eigenvalue weighted by Crippen LogP contribution is -2.33. The van der Waals surface area contributed by atoms with Crippen LogP contribution in [0.2, 0.25) is 0 Å². The van der Waals surface area contributed by atoms with Gasteiger partial charge in [0.05, 0.1) is 12.0 Å². The molecule has 21 heavy (non-hydrogen) atoms. The minimum absolute atomic E-state index is 0.154. The molecule has 6 heteroatoms. The van der Waals surface area contributed by atoms with E-state index in [9.17, 15) is 13.2 Å². The Bertz CT molecular complexity index is 630. The number of esters is 1. The second kappa shape index (κ2) is 6.15. The number of carbonyl (C=O) groups is 1. The molecule has 0 aliphatic rings. The lowest BCUT2D eigenvalue weighted by molar-refractivity contribution is -0.140. The van der Waals surface area contributed by atoms with Gasteiger partial charge in [-0.25, -0.2) is 8.42 Å². The average Bonchev–Trinajstić information content (AvgIpc) is 2.37. The molecule has 118 valence electrons. The van der Waals surface area contributed by atoms with Crippen LogP contribution in [0.3, 0.4) is 0 Å². The highest BCUT2D eigenvalue weighted by atomic mass is 32.2. The van der Waals surface area contributed by atoms with E-state index in [1.165, 1.54) is 14.2 Å². The number of ether oxygens (including phenoxy) is 1. The molecule has 0 fully saturated rings. The molecule has 0 N–H and O–H groups in total. The molecule has 0 radical (unpaired) electrons. The average molecular weight is 313 g/mol. The van der Waals surface area contributed by atoms with E-state index >= 15 is 0 Å². The van der Waals surface area contributed by atoms with Gasteiger partial charge in [-0.2, -0.15) is 4.31 Å². The fraction of sp³-hybridized carbons (Fsp3) is 0.533. The van der Waals surface area contributed by atoms with Crippen LogP contribution in [0.15, 0.2) is 23.1 Å². The fourth-order valence-corrected chi connectivity index (χ4v) is 3.21. The Labute approximate surface area is 127 Å². The van der Waals surface area contributed by atoms with E-state index in [1.54, 1.807) is 19.1 Å². The van der Waals surface area contributed by atoms with Crippen molar-refractivity contribution in [2.24, 2.45) is 0 Å². The lowest BCUT2D eigenvalue weighted by atomic mass is 9.87. The molecule has 0 heterocycles. The summed E-state index contributed by atoms with van der Waals surface area (Å²) in [6, 6.07) is 5.40. The van der Waals surface area contributed by atoms with Crippen molar-refractivity contribution in [2.45, 2.75) is 38.0 Å². The summed E-state index contributed by atoms with van der Waals surface area (Å²) in [5.74, 6) is -0.592. The quantitative estimate of drug-likeness (QED) is 0.798. The third-order valence-corrected chi connectivity index (χ3v) is 5.27. The number of benzene rings is 1. The van der Waals surface area contributed by atoms with Crippen molar-refractivity contribution in [1.29, 1.82) is 0 Å². The zero-order valence-corrected chi connectivity index (χ0v) is 14.2. The molecule has 1 aromatic rings. The molecule has 0 saturated heterocycles. The van der Waals surface area contributed by atoms with Gasteiger partial charge in [-0.05, 0) is 29.5 Å². The van der Waals surface area contributed by atoms with Crippen LogP contribution in [-0.2, 0) is 25.0 Å². The van der Waals surface area contributed by atoms with E-state index in [-0.39, 0.29) is 16.9 Å². The van der Waals surface area contributed by atoms with Crippen molar-refractivity contribution in [3.63, 3.8) is 0 Å². The number of rotatable bonds is 4. The van der Waals surface area contributed by atoms with Crippen molar-refractivity contribution >= 4 is 16.0 Å². The van der Waals surface area contributed by atoms with Crippen LogP contribution in [0, 0.1) is 6.92 Å². The van der Waals surface area contributed by atoms with E-state index < -0.39 is 16.0 Å². The zero-order chi connectivity index (χ0) is 16.4. The highest BCUT2D eigenvalue weighted by molar-refractivity contribution is 7.89. The van der Waals surface area contributed by atoms with Crippen molar-refractivity contribution in [3.05, 3.63) is 29.3 Å². The number of methoxy groups -OCH3 is 1. The first-order valence-electron chi connectivity index (χ1n) is 6.64. The highest BCUT2D eigenvalue weighted by Gasteiger charge is 2.26. The molecule has 0 unspecified atom stereocenters. The molecule has 0 saturated carbocycles. The van der Waals surface area contributed by atoms with E-state index in [0.29, 0.717) is 5.56 Å². The van der Waals surface area contributed by atoms with Gasteiger partial charge in [-0.15, -0.1) is 0 Å². The van der Waals surface area contributed by atoms with Gasteiger partial charge in [0.15, 0.2) is 0 Å². The first kappa shape index (κ1) is 17.7. The highest BCUT2D eigenvalue weighted by Crippen LogP contribution is 2.27. The third-order valence-electron chi connectivity index (χ3n) is 3.32. The van der Waals surface area contributed by atoms with Crippen molar-refractivity contribution in [2.75, 3.05) is 20.7 Å². The fourth-order valence-electron chi connectivity index (χ4n) is 1.84. The molecule has 0 aliphatic heterocycles. The van der Waals surface area contributed by atoms with Crippen LogP contribution in [-0.4, -0.2) is 39.4 Å². The topological polar surface area (TPSA) is 63.7 Å². The summed E-state index contributed by atoms with van der Waals surface area (Å²) in [6.07, 6.45) is 0. The van der Waals surface area contributed by atoms with Crippen molar-refractivity contribution in [1.82, 2.24) is 4.31 Å². The summed E-state index contributed by atoms with van der Waals surface area (Å²) in [6.45, 7) is 7.49. The van der Waals surface area contributed by atoms with Gasteiger partial charge >= 0.3 is 5.97 Å². The van der Waals surface area contributed by atoms with Crippen LogP contribution < -0.4 is 0 Å². The van der Waals surface area contributed by atoms with E-state index in [0.717, 1.165) is 9.87 Å². The maximum atomic E-state index is 12.6. The van der Waals surface area contributed by atoms with E-state index in [2.05, 4.69) is 4.74 Å². The summed E-state index contributed by atoms with van der Waals surface area (Å²) in [7, 11) is -1.12. The third kappa shape index (κ3) is 4.04. The lowest BCUT2D eigenvalue weighted by Gasteiger charge is -2.22. The van der Waals surface area contributed by atoms with Gasteiger partial charge in [0.2, 0.25) is 10.0 Å². The molecule has 5 nitrogen and oxygen atoms in total. The van der Waals surface area contributed by atoms with Crippen LogP contribution in [0.25, 0.3) is 0 Å². The summed E-state index contributed by atoms with van der Waals surface area (Å²) in [5.41, 5.74) is 1.43. The monoisotopic (exact) mass is 313 g/mol. The normalized spacial score (nSPS) is 12.5. The molecular formula is C15H23NO4S. The van der Waals surface area contributed by atoms with Gasteiger partial charge in [-0.3, -0.25) is 4.79 Å². The summed E-state index contributed by atoms with van der Waals surface area (Å²) < 4.78 is 30.7. The SMILES string of the molecule is COC(=O)CN(C)S(=O)(=O)c1cc(C(C)(C)C)ccc1C. The Morgan fingerprint density at radius 3 is 2.33 bits per heavy atom. The Morgan fingerprint density at radius 1 is 1.29 bits per heavy atom. The predicted octanol–water partition coefficient (Wildman–Crippen LogP) is 2.09. The largest absolute Gasteiger partial charge is 0.468 e. The maximum absolute atomic E-state index is 12.6. The van der Waals surface area contributed by atoms with Gasteiger partial charge in [0, 0.05) is 7.05 Å². The Hall–Kier alpha value is -1.40. The zero-order valence-electron chi connectivity index (χ0n) is 13.4. The maximum Gasteiger partial charge on any atom is 0.321 e. The summed E-state index contributed by atoms with van der Waals surface area (Å²) >= 11 is 0. The van der Waals surface area contributed by atoms with E-state index in [1.807, 2.05) is 26.8 Å². The van der Waals surface area contributed by atoms with Gasteiger partial charge in [0.1, 0.15) is 6.54 Å². The molecule has 0 aromatic heterocycles. The Balaban J connectivity index is 3.28. The predicted molar refractivity (Wildman–Crippen MR) is 81.7 cm³/mol. The summed E-state index contributed by atoms with van der Waals surface area (Å²) in [4.78, 5) is 11.5. The standard InChI is InChI=1S/C15H23NO4S/c1-11-7-8-12(15(2,3)4)9-13(11)21(18,19)16(5)10-14(17)20-6/h7-9H,10H2,1-6H3. The van der Waals surface area contributed by atoms with Gasteiger partial charge < -0.3 is 4.74 Å². The van der Waals surface area contributed by atoms with Crippen LogP contribution in [0.1, 0.15) is 31.9 Å². The number of aryl methyl sites for hydroxylation is 1. The summed E-state index contributed by atoms with van der Waals surface area (Å²) in [5, 5.41) is 0. The molecule has 0 amide bonds.